The van der Waals surface area contributed by atoms with Gasteiger partial charge in [0.05, 0.1) is 5.69 Å². The Morgan fingerprint density at radius 2 is 1.96 bits per heavy atom. The molecule has 0 N–H and O–H groups in total. The van der Waals surface area contributed by atoms with E-state index in [2.05, 4.69) is 4.98 Å². The predicted octanol–water partition coefficient (Wildman–Crippen LogP) is 2.76. The molecule has 0 bridgehead atoms. The second-order valence-electron chi connectivity index (χ2n) is 5.30. The summed E-state index contributed by atoms with van der Waals surface area (Å²) in [5.41, 5.74) is 2.48. The molecule has 0 atom stereocenters. The number of pyridine rings is 1. The highest BCUT2D eigenvalue weighted by molar-refractivity contribution is 5.86. The van der Waals surface area contributed by atoms with Gasteiger partial charge in [-0.05, 0) is 30.7 Å². The third kappa shape index (κ3) is 3.57. The number of carbonyl (C=O) groups is 1. The first-order valence-electron chi connectivity index (χ1n) is 7.52. The van der Waals surface area contributed by atoms with Gasteiger partial charge in [-0.25, -0.2) is 9.78 Å². The standard InChI is InChI=1S/C19H16N2O3/c1-14-6-5-9-17-20-16(12-18(22)21(14)17)13-24-19(23)11-10-15-7-3-2-4-8-15/h2-12H,13H2,1H3/b11-10+. The largest absolute Gasteiger partial charge is 0.456 e. The van der Waals surface area contributed by atoms with E-state index < -0.39 is 5.97 Å². The number of hydrogen-bond acceptors (Lipinski definition) is 4. The number of hydrogen-bond donors (Lipinski definition) is 0. The smallest absolute Gasteiger partial charge is 0.331 e. The number of ether oxygens (including phenoxy) is 1. The highest BCUT2D eigenvalue weighted by Gasteiger charge is 2.06. The van der Waals surface area contributed by atoms with E-state index in [1.54, 1.807) is 12.1 Å². The van der Waals surface area contributed by atoms with Gasteiger partial charge in [0.1, 0.15) is 12.3 Å². The first kappa shape index (κ1) is 15.7. The Bertz CT molecular complexity index is 959. The van der Waals surface area contributed by atoms with Crippen molar-refractivity contribution in [1.29, 1.82) is 0 Å². The first-order chi connectivity index (χ1) is 11.6. The highest BCUT2D eigenvalue weighted by Crippen LogP contribution is 2.05. The quantitative estimate of drug-likeness (QED) is 0.548. The van der Waals surface area contributed by atoms with Crippen molar-refractivity contribution in [1.82, 2.24) is 9.38 Å². The van der Waals surface area contributed by atoms with Crippen LogP contribution in [0.3, 0.4) is 0 Å². The van der Waals surface area contributed by atoms with E-state index in [1.165, 1.54) is 16.5 Å². The van der Waals surface area contributed by atoms with Crippen molar-refractivity contribution in [3.63, 3.8) is 0 Å². The molecule has 0 aliphatic carbocycles. The van der Waals surface area contributed by atoms with Crippen molar-refractivity contribution in [3.8, 4) is 0 Å². The van der Waals surface area contributed by atoms with Gasteiger partial charge in [-0.15, -0.1) is 0 Å². The fraction of sp³-hybridized carbons (Fsp3) is 0.105. The van der Waals surface area contributed by atoms with E-state index >= 15 is 0 Å². The SMILES string of the molecule is Cc1cccc2nc(COC(=O)/C=C/c3ccccc3)cc(=O)n12. The molecule has 3 rings (SSSR count). The van der Waals surface area contributed by atoms with Crippen LogP contribution >= 0.6 is 0 Å². The molecule has 2 heterocycles. The Kier molecular flexibility index (Phi) is 4.52. The predicted molar refractivity (Wildman–Crippen MR) is 91.5 cm³/mol. The normalized spacial score (nSPS) is 11.0. The number of rotatable bonds is 4. The number of benzene rings is 1. The third-order valence-corrected chi connectivity index (χ3v) is 3.51. The van der Waals surface area contributed by atoms with E-state index in [0.717, 1.165) is 11.3 Å². The zero-order valence-electron chi connectivity index (χ0n) is 13.2. The van der Waals surface area contributed by atoms with Gasteiger partial charge < -0.3 is 4.74 Å². The van der Waals surface area contributed by atoms with Crippen LogP contribution in [0.5, 0.6) is 0 Å². The van der Waals surface area contributed by atoms with Crippen molar-refractivity contribution < 1.29 is 9.53 Å². The lowest BCUT2D eigenvalue weighted by Crippen LogP contribution is -2.18. The summed E-state index contributed by atoms with van der Waals surface area (Å²) in [6.07, 6.45) is 3.03. The van der Waals surface area contributed by atoms with Crippen LogP contribution in [0.2, 0.25) is 0 Å². The van der Waals surface area contributed by atoms with Gasteiger partial charge in [0, 0.05) is 17.8 Å². The molecule has 0 aliphatic rings. The minimum absolute atomic E-state index is 0.0440. The minimum atomic E-state index is -0.481. The molecule has 0 aliphatic heterocycles. The number of nitrogens with zero attached hydrogens (tertiary/aromatic N) is 2. The maximum Gasteiger partial charge on any atom is 0.331 e. The Hall–Kier alpha value is -3.21. The number of carbonyl (C=O) groups excluding carboxylic acids is 1. The maximum atomic E-state index is 12.1. The topological polar surface area (TPSA) is 60.7 Å². The van der Waals surface area contributed by atoms with Crippen molar-refractivity contribution in [3.05, 3.63) is 88.0 Å². The molecule has 2 aromatic heterocycles. The Morgan fingerprint density at radius 1 is 1.17 bits per heavy atom. The molecule has 0 saturated heterocycles. The minimum Gasteiger partial charge on any atom is -0.456 e. The molecule has 24 heavy (non-hydrogen) atoms. The maximum absolute atomic E-state index is 12.1. The van der Waals surface area contributed by atoms with Crippen molar-refractivity contribution in [2.24, 2.45) is 0 Å². The monoisotopic (exact) mass is 320 g/mol. The second-order valence-corrected chi connectivity index (χ2v) is 5.30. The van der Waals surface area contributed by atoms with Crippen LogP contribution in [0.1, 0.15) is 17.0 Å². The first-order valence-corrected chi connectivity index (χ1v) is 7.52. The molecule has 5 nitrogen and oxygen atoms in total. The van der Waals surface area contributed by atoms with Gasteiger partial charge >= 0.3 is 5.97 Å². The average molecular weight is 320 g/mol. The third-order valence-electron chi connectivity index (χ3n) is 3.51. The Balaban J connectivity index is 1.71. The van der Waals surface area contributed by atoms with E-state index in [0.29, 0.717) is 11.3 Å². The summed E-state index contributed by atoms with van der Waals surface area (Å²) in [6.45, 7) is 1.79. The van der Waals surface area contributed by atoms with Crippen LogP contribution in [-0.4, -0.2) is 15.4 Å². The summed E-state index contributed by atoms with van der Waals surface area (Å²) < 4.78 is 6.66. The summed E-state index contributed by atoms with van der Waals surface area (Å²) in [4.78, 5) is 28.3. The van der Waals surface area contributed by atoms with Gasteiger partial charge in [-0.2, -0.15) is 0 Å². The second kappa shape index (κ2) is 6.91. The molecule has 0 amide bonds. The molecule has 0 radical (unpaired) electrons. The summed E-state index contributed by atoms with van der Waals surface area (Å²) in [7, 11) is 0. The van der Waals surface area contributed by atoms with Crippen LogP contribution in [0.15, 0.2) is 65.5 Å². The van der Waals surface area contributed by atoms with Crippen molar-refractivity contribution in [2.75, 3.05) is 0 Å². The molecular formula is C19H16N2O3. The Labute approximate surface area is 138 Å². The van der Waals surface area contributed by atoms with Gasteiger partial charge in [-0.3, -0.25) is 9.20 Å². The van der Waals surface area contributed by atoms with Crippen LogP contribution in [-0.2, 0) is 16.1 Å². The molecule has 0 fully saturated rings. The van der Waals surface area contributed by atoms with Gasteiger partial charge in [0.15, 0.2) is 0 Å². The fourth-order valence-corrected chi connectivity index (χ4v) is 2.36. The zero-order valence-corrected chi connectivity index (χ0v) is 13.2. The lowest BCUT2D eigenvalue weighted by Gasteiger charge is -2.06. The molecule has 0 unspecified atom stereocenters. The average Bonchev–Trinajstić information content (AvgIpc) is 2.59. The van der Waals surface area contributed by atoms with Crippen LogP contribution in [0.4, 0.5) is 0 Å². The zero-order chi connectivity index (χ0) is 16.9. The van der Waals surface area contributed by atoms with E-state index in [4.69, 9.17) is 4.74 Å². The number of fused-ring (bicyclic) bond motifs is 1. The van der Waals surface area contributed by atoms with E-state index in [1.807, 2.05) is 49.4 Å². The molecule has 0 saturated carbocycles. The summed E-state index contributed by atoms with van der Waals surface area (Å²) in [5, 5.41) is 0. The highest BCUT2D eigenvalue weighted by atomic mass is 16.5. The molecule has 120 valence electrons. The molecule has 3 aromatic rings. The van der Waals surface area contributed by atoms with Crippen molar-refractivity contribution >= 4 is 17.7 Å². The lowest BCUT2D eigenvalue weighted by molar-refractivity contribution is -0.139. The number of aryl methyl sites for hydroxylation is 1. The van der Waals surface area contributed by atoms with Crippen LogP contribution in [0, 0.1) is 6.92 Å². The van der Waals surface area contributed by atoms with E-state index in [-0.39, 0.29) is 12.2 Å². The summed E-state index contributed by atoms with van der Waals surface area (Å²) in [5.74, 6) is -0.481. The summed E-state index contributed by atoms with van der Waals surface area (Å²) >= 11 is 0. The summed E-state index contributed by atoms with van der Waals surface area (Å²) in [6, 6.07) is 16.2. The fourth-order valence-electron chi connectivity index (χ4n) is 2.36. The number of aromatic nitrogens is 2. The van der Waals surface area contributed by atoms with Gasteiger partial charge in [0.25, 0.3) is 5.56 Å². The van der Waals surface area contributed by atoms with Crippen molar-refractivity contribution in [2.45, 2.75) is 13.5 Å². The van der Waals surface area contributed by atoms with E-state index in [9.17, 15) is 9.59 Å². The Morgan fingerprint density at radius 3 is 2.75 bits per heavy atom. The molecular weight excluding hydrogens is 304 g/mol. The lowest BCUT2D eigenvalue weighted by atomic mass is 10.2. The molecule has 5 heteroatoms. The van der Waals surface area contributed by atoms with Gasteiger partial charge in [0.2, 0.25) is 0 Å². The molecule has 0 spiro atoms. The van der Waals surface area contributed by atoms with Crippen LogP contribution < -0.4 is 5.56 Å². The van der Waals surface area contributed by atoms with Gasteiger partial charge in [-0.1, -0.05) is 36.4 Å². The van der Waals surface area contributed by atoms with Crippen LogP contribution in [0.25, 0.3) is 11.7 Å². The number of esters is 1. The molecule has 1 aromatic carbocycles.